The molecule has 3 rings (SSSR count). The molecule has 0 bridgehead atoms. The van der Waals surface area contributed by atoms with Crippen molar-refractivity contribution in [2.24, 2.45) is 5.92 Å². The van der Waals surface area contributed by atoms with Crippen molar-refractivity contribution in [1.82, 2.24) is 0 Å². The fourth-order valence-electron chi connectivity index (χ4n) is 2.35. The molecule has 1 unspecified atom stereocenters. The van der Waals surface area contributed by atoms with E-state index in [1.165, 1.54) is 11.0 Å². The smallest absolute Gasteiger partial charge is 0.308 e. The molecular weight excluding hydrogens is 242 g/mol. The van der Waals surface area contributed by atoms with Crippen molar-refractivity contribution in [3.05, 3.63) is 59.8 Å². The van der Waals surface area contributed by atoms with Crippen LogP contribution in [0.5, 0.6) is 0 Å². The molecule has 1 amide bonds. The Labute approximate surface area is 109 Å². The zero-order valence-corrected chi connectivity index (χ0v) is 9.85. The number of ketones is 1. The molecule has 5 nitrogen and oxygen atoms in total. The van der Waals surface area contributed by atoms with Crippen LogP contribution in [0.4, 0.5) is 5.69 Å². The number of anilines is 1. The van der Waals surface area contributed by atoms with Gasteiger partial charge in [-0.2, -0.15) is 4.79 Å². The molecule has 5 heteroatoms. The van der Waals surface area contributed by atoms with Crippen LogP contribution in [0.15, 0.2) is 54.3 Å². The summed E-state index contributed by atoms with van der Waals surface area (Å²) in [5.74, 6) is -1.98. The molecule has 0 saturated carbocycles. The minimum Gasteiger partial charge on any atom is -0.361 e. The molecule has 0 N–H and O–H groups in total. The summed E-state index contributed by atoms with van der Waals surface area (Å²) in [6.07, 6.45) is 4.87. The van der Waals surface area contributed by atoms with Gasteiger partial charge in [0, 0.05) is 17.5 Å². The highest BCUT2D eigenvalue weighted by Gasteiger charge is 2.50. The van der Waals surface area contributed by atoms with Gasteiger partial charge >= 0.3 is 5.71 Å². The van der Waals surface area contributed by atoms with E-state index in [0.717, 1.165) is 0 Å². The van der Waals surface area contributed by atoms with E-state index in [9.17, 15) is 9.59 Å². The maximum atomic E-state index is 12.1. The number of allylic oxidation sites excluding steroid dienone is 4. The molecule has 1 aliphatic carbocycles. The highest BCUT2D eigenvalue weighted by Crippen LogP contribution is 2.34. The zero-order chi connectivity index (χ0) is 13.4. The summed E-state index contributed by atoms with van der Waals surface area (Å²) in [6, 6.07) is 8.92. The van der Waals surface area contributed by atoms with Gasteiger partial charge in [0.15, 0.2) is 5.92 Å². The molecule has 2 aliphatic rings. The van der Waals surface area contributed by atoms with Gasteiger partial charge in [0.25, 0.3) is 5.91 Å². The summed E-state index contributed by atoms with van der Waals surface area (Å²) in [6.45, 7) is 0. The Morgan fingerprint density at radius 2 is 1.89 bits per heavy atom. The molecule has 19 heavy (non-hydrogen) atoms. The predicted octanol–water partition coefficient (Wildman–Crippen LogP) is 1.34. The van der Waals surface area contributed by atoms with Gasteiger partial charge < -0.3 is 5.53 Å². The first-order valence-electron chi connectivity index (χ1n) is 5.77. The third kappa shape index (κ3) is 1.57. The van der Waals surface area contributed by atoms with Crippen molar-refractivity contribution in [2.45, 2.75) is 0 Å². The molecule has 1 heterocycles. The molecule has 1 saturated heterocycles. The number of Topliss-reactive ketones (excluding diaryl/α,β-unsaturated/α-hetero) is 1. The Bertz CT molecular complexity index is 682. The monoisotopic (exact) mass is 251 g/mol. The van der Waals surface area contributed by atoms with Crippen molar-refractivity contribution in [2.75, 3.05) is 4.90 Å². The van der Waals surface area contributed by atoms with Crippen LogP contribution in [0, 0.1) is 5.92 Å². The molecule has 1 aliphatic heterocycles. The van der Waals surface area contributed by atoms with Gasteiger partial charge in [-0.05, 0) is 18.2 Å². The van der Waals surface area contributed by atoms with E-state index in [-0.39, 0.29) is 5.71 Å². The lowest BCUT2D eigenvalue weighted by molar-refractivity contribution is -0.135. The topological polar surface area (TPSA) is 73.8 Å². The average Bonchev–Trinajstić information content (AvgIpc) is 2.72. The largest absolute Gasteiger partial charge is 0.361 e. The number of fused-ring (bicyclic) bond motifs is 1. The van der Waals surface area contributed by atoms with Gasteiger partial charge in [0.05, 0.1) is 0 Å². The summed E-state index contributed by atoms with van der Waals surface area (Å²) in [5, 5.41) is 0. The van der Waals surface area contributed by atoms with Gasteiger partial charge in [0.2, 0.25) is 5.78 Å². The fraction of sp³-hybridized carbons (Fsp3) is 0.0714. The molecule has 1 fully saturated rings. The lowest BCUT2D eigenvalue weighted by atomic mass is 9.94. The summed E-state index contributed by atoms with van der Waals surface area (Å²) in [4.78, 5) is 28.6. The van der Waals surface area contributed by atoms with Crippen molar-refractivity contribution in [3.8, 4) is 0 Å². The second-order valence-electron chi connectivity index (χ2n) is 4.25. The lowest BCUT2D eigenvalue weighted by Crippen LogP contribution is -2.25. The van der Waals surface area contributed by atoms with E-state index in [1.807, 2.05) is 6.07 Å². The third-order valence-corrected chi connectivity index (χ3v) is 3.19. The second-order valence-corrected chi connectivity index (χ2v) is 4.25. The van der Waals surface area contributed by atoms with E-state index in [4.69, 9.17) is 5.53 Å². The Balaban J connectivity index is 2.15. The highest BCUT2D eigenvalue weighted by atomic mass is 16.2. The molecule has 1 aromatic carbocycles. The summed E-state index contributed by atoms with van der Waals surface area (Å²) in [5.41, 5.74) is 10.3. The van der Waals surface area contributed by atoms with Crippen LogP contribution in [0.1, 0.15) is 0 Å². The van der Waals surface area contributed by atoms with Gasteiger partial charge in [0.1, 0.15) is 0 Å². The molecule has 1 aromatic rings. The Morgan fingerprint density at radius 1 is 1.16 bits per heavy atom. The first kappa shape index (κ1) is 11.3. The number of carbonyl (C=O) groups is 2. The van der Waals surface area contributed by atoms with Gasteiger partial charge in [-0.25, -0.2) is 0 Å². The Kier molecular flexibility index (Phi) is 2.47. The van der Waals surface area contributed by atoms with Crippen LogP contribution < -0.4 is 4.90 Å². The van der Waals surface area contributed by atoms with Gasteiger partial charge in [-0.3, -0.25) is 14.5 Å². The molecule has 0 aromatic heterocycles. The van der Waals surface area contributed by atoms with Crippen molar-refractivity contribution in [3.63, 3.8) is 0 Å². The molecule has 0 radical (unpaired) electrons. The normalized spacial score (nSPS) is 21.3. The Morgan fingerprint density at radius 3 is 2.58 bits per heavy atom. The number of para-hydroxylation sites is 1. The Hall–Kier alpha value is -2.78. The van der Waals surface area contributed by atoms with Gasteiger partial charge in [-0.1, -0.05) is 24.3 Å². The quantitative estimate of drug-likeness (QED) is 0.429. The number of rotatable bonds is 1. The van der Waals surface area contributed by atoms with Crippen LogP contribution in [-0.4, -0.2) is 22.2 Å². The minimum atomic E-state index is -0.803. The summed E-state index contributed by atoms with van der Waals surface area (Å²) in [7, 11) is 0. The number of hydrogen-bond donors (Lipinski definition) is 0. The minimum absolute atomic E-state index is 0.189. The first-order chi connectivity index (χ1) is 9.24. The number of carbonyl (C=O) groups excluding carboxylic acids is 2. The van der Waals surface area contributed by atoms with E-state index in [2.05, 4.69) is 4.79 Å². The van der Waals surface area contributed by atoms with Crippen LogP contribution >= 0.6 is 0 Å². The molecular formula is C14H9N3O2. The fourth-order valence-corrected chi connectivity index (χ4v) is 2.35. The number of nitrogens with zero attached hydrogens (tertiary/aromatic N) is 3. The lowest BCUT2D eigenvalue weighted by Gasteiger charge is -2.18. The van der Waals surface area contributed by atoms with Crippen LogP contribution in [0.3, 0.4) is 0 Å². The zero-order valence-electron chi connectivity index (χ0n) is 9.85. The second kappa shape index (κ2) is 4.15. The van der Waals surface area contributed by atoms with E-state index >= 15 is 0 Å². The van der Waals surface area contributed by atoms with Crippen LogP contribution in [-0.2, 0) is 9.59 Å². The van der Waals surface area contributed by atoms with E-state index < -0.39 is 17.6 Å². The van der Waals surface area contributed by atoms with Crippen molar-refractivity contribution in [1.29, 1.82) is 0 Å². The van der Waals surface area contributed by atoms with E-state index in [0.29, 0.717) is 11.4 Å². The van der Waals surface area contributed by atoms with E-state index in [1.54, 1.807) is 36.4 Å². The van der Waals surface area contributed by atoms with Gasteiger partial charge in [-0.15, -0.1) is 0 Å². The SMILES string of the molecule is [N-]=[N+]=C1C=CC=C2C1C(=O)C(=O)N2c1ccccc1. The molecule has 0 spiro atoms. The molecule has 92 valence electrons. The summed E-state index contributed by atoms with van der Waals surface area (Å²) < 4.78 is 0. The predicted molar refractivity (Wildman–Crippen MR) is 68.3 cm³/mol. The average molecular weight is 251 g/mol. The van der Waals surface area contributed by atoms with Crippen molar-refractivity contribution >= 4 is 23.1 Å². The van der Waals surface area contributed by atoms with Crippen LogP contribution in [0.2, 0.25) is 0 Å². The maximum Gasteiger partial charge on any atom is 0.308 e. The van der Waals surface area contributed by atoms with Crippen LogP contribution in [0.25, 0.3) is 5.53 Å². The number of benzene rings is 1. The number of hydrogen-bond acceptors (Lipinski definition) is 2. The highest BCUT2D eigenvalue weighted by molar-refractivity contribution is 6.50. The molecule has 1 atom stereocenters. The van der Waals surface area contributed by atoms with Crippen molar-refractivity contribution < 1.29 is 14.4 Å². The standard InChI is InChI=1S/C14H9N3O2/c15-16-10-7-4-8-11-12(10)13(18)14(19)17(11)9-5-2-1-3-6-9/h1-8,12H. The summed E-state index contributed by atoms with van der Waals surface area (Å²) >= 11 is 0. The third-order valence-electron chi connectivity index (χ3n) is 3.19. The number of amides is 1. The first-order valence-corrected chi connectivity index (χ1v) is 5.77. The maximum absolute atomic E-state index is 12.1.